The molecule has 1 N–H and O–H groups in total. The van der Waals surface area contributed by atoms with Crippen LogP contribution >= 0.6 is 0 Å². The van der Waals surface area contributed by atoms with E-state index < -0.39 is 0 Å². The molecule has 3 unspecified atom stereocenters. The number of nitrogens with one attached hydrogen (secondary N) is 1. The molecule has 0 spiro atoms. The molecule has 100 valence electrons. The molecule has 3 atom stereocenters. The van der Waals surface area contributed by atoms with Gasteiger partial charge in [-0.1, -0.05) is 41.5 Å². The monoisotopic (exact) mass is 240 g/mol. The van der Waals surface area contributed by atoms with Crippen molar-refractivity contribution < 1.29 is 4.79 Å². The zero-order valence-electron chi connectivity index (χ0n) is 12.2. The lowest BCUT2D eigenvalue weighted by Crippen LogP contribution is -2.44. The number of hydrogen-bond acceptors (Lipinski definition) is 2. The third-order valence-corrected chi connectivity index (χ3v) is 3.95. The van der Waals surface area contributed by atoms with E-state index in [-0.39, 0.29) is 12.2 Å². The highest BCUT2D eigenvalue weighted by Gasteiger charge is 2.39. The summed E-state index contributed by atoms with van der Waals surface area (Å²) >= 11 is 0. The van der Waals surface area contributed by atoms with Crippen molar-refractivity contribution in [3.05, 3.63) is 0 Å². The number of hydrogen-bond donors (Lipinski definition) is 1. The highest BCUT2D eigenvalue weighted by atomic mass is 16.2. The first kappa shape index (κ1) is 14.5. The van der Waals surface area contributed by atoms with Gasteiger partial charge in [0, 0.05) is 6.54 Å². The Morgan fingerprint density at radius 1 is 1.24 bits per heavy atom. The van der Waals surface area contributed by atoms with E-state index in [0.29, 0.717) is 23.7 Å². The van der Waals surface area contributed by atoms with Crippen LogP contribution in [0.2, 0.25) is 0 Å². The van der Waals surface area contributed by atoms with E-state index in [0.717, 1.165) is 13.0 Å². The molecule has 1 rings (SSSR count). The van der Waals surface area contributed by atoms with Crippen molar-refractivity contribution in [1.82, 2.24) is 10.2 Å². The van der Waals surface area contributed by atoms with Gasteiger partial charge < -0.3 is 4.90 Å². The first-order valence-corrected chi connectivity index (χ1v) is 6.95. The summed E-state index contributed by atoms with van der Waals surface area (Å²) < 4.78 is 0. The Morgan fingerprint density at radius 2 is 1.82 bits per heavy atom. The summed E-state index contributed by atoms with van der Waals surface area (Å²) in [5.41, 5.74) is 0. The molecular formula is C14H28N2O. The average molecular weight is 240 g/mol. The maximum Gasteiger partial charge on any atom is 0.241 e. The second-order valence-electron chi connectivity index (χ2n) is 6.03. The predicted molar refractivity (Wildman–Crippen MR) is 71.6 cm³/mol. The van der Waals surface area contributed by atoms with Gasteiger partial charge in [0.25, 0.3) is 0 Å². The van der Waals surface area contributed by atoms with Gasteiger partial charge in [0.1, 0.15) is 0 Å². The van der Waals surface area contributed by atoms with Crippen LogP contribution in [0.1, 0.15) is 48.0 Å². The summed E-state index contributed by atoms with van der Waals surface area (Å²) in [6, 6.07) is 0.0294. The Balaban J connectivity index is 2.75. The fourth-order valence-electron chi connectivity index (χ4n) is 2.27. The number of carbonyl (C=O) groups is 1. The van der Waals surface area contributed by atoms with Crippen LogP contribution in [0.5, 0.6) is 0 Å². The summed E-state index contributed by atoms with van der Waals surface area (Å²) in [5.74, 6) is 1.93. The van der Waals surface area contributed by atoms with Gasteiger partial charge in [-0.2, -0.15) is 0 Å². The number of amides is 1. The molecule has 3 nitrogen and oxygen atoms in total. The van der Waals surface area contributed by atoms with E-state index in [2.05, 4.69) is 51.8 Å². The first-order valence-electron chi connectivity index (χ1n) is 6.95. The lowest BCUT2D eigenvalue weighted by molar-refractivity contribution is -0.131. The normalized spacial score (nSPS) is 27.3. The smallest absolute Gasteiger partial charge is 0.241 e. The van der Waals surface area contributed by atoms with Crippen LogP contribution in [0.4, 0.5) is 0 Å². The summed E-state index contributed by atoms with van der Waals surface area (Å²) in [6.45, 7) is 14.0. The van der Waals surface area contributed by atoms with E-state index in [1.165, 1.54) is 0 Å². The third kappa shape index (κ3) is 3.21. The molecule has 1 aliphatic heterocycles. The average Bonchev–Trinajstić information content (AvgIpc) is 2.56. The van der Waals surface area contributed by atoms with Crippen molar-refractivity contribution in [2.24, 2.45) is 17.8 Å². The summed E-state index contributed by atoms with van der Waals surface area (Å²) in [6.07, 6.45) is 1.10. The minimum atomic E-state index is 0.0294. The fraction of sp³-hybridized carbons (Fsp3) is 0.929. The second kappa shape index (κ2) is 5.85. The van der Waals surface area contributed by atoms with Crippen molar-refractivity contribution in [3.63, 3.8) is 0 Å². The van der Waals surface area contributed by atoms with Gasteiger partial charge in [0.2, 0.25) is 5.91 Å². The van der Waals surface area contributed by atoms with Crippen LogP contribution in [0.3, 0.4) is 0 Å². The molecule has 1 fully saturated rings. The first-order chi connectivity index (χ1) is 7.88. The van der Waals surface area contributed by atoms with Gasteiger partial charge in [-0.05, 0) is 24.2 Å². The SMILES string of the molecule is CCC1NC(C(C)C)N(CC(C)C(C)C)C1=O. The maximum atomic E-state index is 12.3. The lowest BCUT2D eigenvalue weighted by atomic mass is 9.97. The van der Waals surface area contributed by atoms with Gasteiger partial charge in [0.15, 0.2) is 0 Å². The Kier molecular flexibility index (Phi) is 4.99. The van der Waals surface area contributed by atoms with E-state index in [1.54, 1.807) is 0 Å². The molecule has 0 aliphatic carbocycles. The van der Waals surface area contributed by atoms with E-state index >= 15 is 0 Å². The quantitative estimate of drug-likeness (QED) is 0.800. The van der Waals surface area contributed by atoms with Crippen LogP contribution < -0.4 is 5.32 Å². The Labute approximate surface area is 106 Å². The van der Waals surface area contributed by atoms with E-state index in [4.69, 9.17) is 0 Å². The zero-order valence-corrected chi connectivity index (χ0v) is 12.2. The molecule has 17 heavy (non-hydrogen) atoms. The molecule has 1 saturated heterocycles. The van der Waals surface area contributed by atoms with Crippen molar-refractivity contribution in [2.45, 2.75) is 60.2 Å². The molecule has 0 radical (unpaired) electrons. The number of rotatable bonds is 5. The van der Waals surface area contributed by atoms with E-state index in [1.807, 2.05) is 0 Å². The minimum Gasteiger partial charge on any atom is -0.325 e. The molecule has 1 amide bonds. The number of nitrogens with zero attached hydrogens (tertiary/aromatic N) is 1. The van der Waals surface area contributed by atoms with Crippen LogP contribution in [0, 0.1) is 17.8 Å². The van der Waals surface area contributed by atoms with Gasteiger partial charge >= 0.3 is 0 Å². The van der Waals surface area contributed by atoms with Gasteiger partial charge in [0.05, 0.1) is 12.2 Å². The Hall–Kier alpha value is -0.570. The highest BCUT2D eigenvalue weighted by molar-refractivity contribution is 5.84. The van der Waals surface area contributed by atoms with Gasteiger partial charge in [-0.15, -0.1) is 0 Å². The van der Waals surface area contributed by atoms with Crippen LogP contribution in [0.25, 0.3) is 0 Å². The molecule has 3 heteroatoms. The molecule has 0 bridgehead atoms. The Morgan fingerprint density at radius 3 is 2.24 bits per heavy atom. The predicted octanol–water partition coefficient (Wildman–Crippen LogP) is 2.47. The van der Waals surface area contributed by atoms with Crippen LogP contribution in [-0.4, -0.2) is 29.6 Å². The van der Waals surface area contributed by atoms with Crippen molar-refractivity contribution in [1.29, 1.82) is 0 Å². The van der Waals surface area contributed by atoms with Crippen LogP contribution in [0.15, 0.2) is 0 Å². The summed E-state index contributed by atoms with van der Waals surface area (Å²) in [4.78, 5) is 14.3. The van der Waals surface area contributed by atoms with Crippen LogP contribution in [-0.2, 0) is 4.79 Å². The Bertz CT molecular complexity index is 263. The minimum absolute atomic E-state index is 0.0294. The second-order valence-corrected chi connectivity index (χ2v) is 6.03. The van der Waals surface area contributed by atoms with E-state index in [9.17, 15) is 4.79 Å². The third-order valence-electron chi connectivity index (χ3n) is 3.95. The molecule has 0 saturated carbocycles. The van der Waals surface area contributed by atoms with Crippen molar-refractivity contribution in [3.8, 4) is 0 Å². The summed E-state index contributed by atoms with van der Waals surface area (Å²) in [7, 11) is 0. The molecule has 0 aromatic carbocycles. The number of carbonyl (C=O) groups excluding carboxylic acids is 1. The van der Waals surface area contributed by atoms with Crippen molar-refractivity contribution in [2.75, 3.05) is 6.54 Å². The fourth-order valence-corrected chi connectivity index (χ4v) is 2.27. The largest absolute Gasteiger partial charge is 0.325 e. The van der Waals surface area contributed by atoms with Gasteiger partial charge in [-0.25, -0.2) is 0 Å². The molecule has 0 aromatic heterocycles. The molecule has 1 heterocycles. The molecular weight excluding hydrogens is 212 g/mol. The topological polar surface area (TPSA) is 32.3 Å². The molecule has 0 aromatic rings. The molecule has 1 aliphatic rings. The summed E-state index contributed by atoms with van der Waals surface area (Å²) in [5, 5.41) is 3.46. The highest BCUT2D eigenvalue weighted by Crippen LogP contribution is 2.22. The lowest BCUT2D eigenvalue weighted by Gasteiger charge is -2.30. The van der Waals surface area contributed by atoms with Crippen molar-refractivity contribution >= 4 is 5.91 Å². The maximum absolute atomic E-state index is 12.3. The van der Waals surface area contributed by atoms with Gasteiger partial charge in [-0.3, -0.25) is 10.1 Å². The zero-order chi connectivity index (χ0) is 13.2. The standard InChI is InChI=1S/C14H28N2O/c1-7-12-14(17)16(8-11(6)9(2)3)13(15-12)10(4)5/h9-13,15H,7-8H2,1-6H3.